The molecule has 0 radical (unpaired) electrons. The molecule has 0 saturated heterocycles. The van der Waals surface area contributed by atoms with Gasteiger partial charge in [0.05, 0.1) is 6.61 Å². The molecule has 9 heteroatoms. The molecule has 1 aliphatic carbocycles. The second kappa shape index (κ2) is 10.4. The maximum atomic E-state index is 13.5. The van der Waals surface area contributed by atoms with Crippen LogP contribution >= 0.6 is 0 Å². The normalized spacial score (nSPS) is 21.1. The van der Waals surface area contributed by atoms with Gasteiger partial charge in [-0.1, -0.05) is 35.5 Å². The highest BCUT2D eigenvalue weighted by Gasteiger charge is 2.53. The first-order valence-corrected chi connectivity index (χ1v) is 11.3. The molecule has 0 spiro atoms. The summed E-state index contributed by atoms with van der Waals surface area (Å²) in [5.41, 5.74) is 9.41. The van der Waals surface area contributed by atoms with Crippen LogP contribution in [0.2, 0.25) is 0 Å². The van der Waals surface area contributed by atoms with Crippen LogP contribution in [0.3, 0.4) is 0 Å². The van der Waals surface area contributed by atoms with E-state index in [1.807, 2.05) is 18.2 Å². The number of nitrogens with zero attached hydrogens (tertiary/aromatic N) is 4. The summed E-state index contributed by atoms with van der Waals surface area (Å²) < 4.78 is 11.9. The van der Waals surface area contributed by atoms with Gasteiger partial charge in [-0.05, 0) is 42.6 Å². The Bertz CT molecular complexity index is 1120. The second-order valence-corrected chi connectivity index (χ2v) is 8.28. The molecule has 2 atom stereocenters. The zero-order valence-electron chi connectivity index (χ0n) is 18.8. The van der Waals surface area contributed by atoms with Crippen LogP contribution in [0.4, 0.5) is 5.69 Å². The number of aliphatic imine (C=N–C) groups is 1. The number of aliphatic hydroxyl groups is 1. The molecule has 2 aromatic carbocycles. The number of benzene rings is 2. The zero-order valence-corrected chi connectivity index (χ0v) is 18.8. The molecule has 2 N–H and O–H groups in total. The average molecular weight is 462 g/mol. The fourth-order valence-electron chi connectivity index (χ4n) is 3.90. The molecule has 176 valence electrons. The van der Waals surface area contributed by atoms with Gasteiger partial charge in [0.1, 0.15) is 5.75 Å². The summed E-state index contributed by atoms with van der Waals surface area (Å²) in [7, 11) is 0. The Hall–Kier alpha value is -3.81. The lowest BCUT2D eigenvalue weighted by molar-refractivity contribution is -0.129. The summed E-state index contributed by atoms with van der Waals surface area (Å²) in [6, 6.07) is 14.4. The fraction of sp³-hybridized carbons (Fsp3) is 0.360. The molecule has 34 heavy (non-hydrogen) atoms. The highest BCUT2D eigenvalue weighted by molar-refractivity contribution is 6.01. The molecule has 1 heterocycles. The van der Waals surface area contributed by atoms with Crippen molar-refractivity contribution in [2.24, 2.45) is 10.1 Å². The van der Waals surface area contributed by atoms with E-state index < -0.39 is 11.6 Å². The van der Waals surface area contributed by atoms with Gasteiger partial charge >= 0.3 is 0 Å². The molecule has 1 saturated carbocycles. The first-order valence-electron chi connectivity index (χ1n) is 11.3. The molecule has 2 aromatic rings. The quantitative estimate of drug-likeness (QED) is 0.168. The Morgan fingerprint density at radius 1 is 1.32 bits per heavy atom. The van der Waals surface area contributed by atoms with E-state index in [1.165, 1.54) is 0 Å². The topological polar surface area (TPSA) is 129 Å². The summed E-state index contributed by atoms with van der Waals surface area (Å²) in [6.07, 6.45) is 3.51. The van der Waals surface area contributed by atoms with E-state index in [1.54, 1.807) is 36.4 Å². The van der Waals surface area contributed by atoms with Crippen LogP contribution in [0.1, 0.15) is 42.9 Å². The van der Waals surface area contributed by atoms with Crippen LogP contribution in [0, 0.1) is 0 Å². The van der Waals surface area contributed by atoms with Gasteiger partial charge in [-0.25, -0.2) is 4.99 Å². The van der Waals surface area contributed by atoms with Crippen LogP contribution in [-0.4, -0.2) is 41.7 Å². The molecule has 4 rings (SSSR count). The van der Waals surface area contributed by atoms with Gasteiger partial charge in [0.15, 0.2) is 11.6 Å². The largest absolute Gasteiger partial charge is 0.494 e. The average Bonchev–Trinajstić information content (AvgIpc) is 3.58. The van der Waals surface area contributed by atoms with Crippen molar-refractivity contribution in [2.45, 2.75) is 43.4 Å². The first-order chi connectivity index (χ1) is 16.6. The van der Waals surface area contributed by atoms with E-state index in [0.717, 1.165) is 12.8 Å². The molecule has 1 aliphatic heterocycles. The number of carbonyl (C=O) groups excluding carboxylic acids is 1. The maximum absolute atomic E-state index is 13.5. The number of carbonyl (C=O) groups is 1. The zero-order chi connectivity index (χ0) is 24.0. The fourth-order valence-corrected chi connectivity index (χ4v) is 3.90. The SMILES string of the molecule is C=CC[C@@]1(C(=O)NC2CC2)N=C(c2ccc(OCCCO)cc2)O[C@@H]1c1ccccc1N=[N+]=[N-]. The number of amides is 1. The molecule has 0 unspecified atom stereocenters. The molecule has 0 bridgehead atoms. The van der Waals surface area contributed by atoms with E-state index in [-0.39, 0.29) is 25.0 Å². The van der Waals surface area contributed by atoms with E-state index in [0.29, 0.717) is 41.5 Å². The Balaban J connectivity index is 1.72. The number of ether oxygens (including phenoxy) is 2. The van der Waals surface area contributed by atoms with Crippen LogP contribution in [0.15, 0.2) is 71.3 Å². The molecular weight excluding hydrogens is 434 g/mol. The smallest absolute Gasteiger partial charge is 0.252 e. The molecular formula is C25H27N5O4. The standard InChI is InChI=1S/C25H27N5O4/c1-2-14-25(24(32)27-18-10-11-18)22(20-6-3-4-7-21(20)29-30-26)34-23(28-25)17-8-12-19(13-9-17)33-16-5-15-31/h2-4,6-9,12-13,18,22,31H,1,5,10-11,14-16H2,(H,27,32)/t22-,25-/m1/s1. The van der Waals surface area contributed by atoms with Crippen LogP contribution in [0.25, 0.3) is 10.4 Å². The predicted octanol–water partition coefficient (Wildman–Crippen LogP) is 4.50. The number of azide groups is 1. The van der Waals surface area contributed by atoms with Gasteiger partial charge in [0, 0.05) is 47.2 Å². The Morgan fingerprint density at radius 2 is 2.09 bits per heavy atom. The summed E-state index contributed by atoms with van der Waals surface area (Å²) in [5.74, 6) is 0.731. The van der Waals surface area contributed by atoms with E-state index >= 15 is 0 Å². The minimum Gasteiger partial charge on any atom is -0.494 e. The third-order valence-corrected chi connectivity index (χ3v) is 5.77. The number of aliphatic hydroxyl groups excluding tert-OH is 1. The molecule has 1 amide bonds. The highest BCUT2D eigenvalue weighted by atomic mass is 16.5. The number of hydrogen-bond donors (Lipinski definition) is 2. The summed E-state index contributed by atoms with van der Waals surface area (Å²) >= 11 is 0. The predicted molar refractivity (Wildman–Crippen MR) is 128 cm³/mol. The number of hydrogen-bond acceptors (Lipinski definition) is 6. The van der Waals surface area contributed by atoms with Gasteiger partial charge in [0.25, 0.3) is 5.91 Å². The lowest BCUT2D eigenvalue weighted by Gasteiger charge is -2.30. The van der Waals surface area contributed by atoms with E-state index in [4.69, 9.17) is 25.1 Å². The minimum atomic E-state index is -1.29. The Labute approximate surface area is 197 Å². The van der Waals surface area contributed by atoms with Crippen molar-refractivity contribution in [3.8, 4) is 5.75 Å². The van der Waals surface area contributed by atoms with Gasteiger partial charge in [0.2, 0.25) is 5.90 Å². The molecule has 1 fully saturated rings. The third-order valence-electron chi connectivity index (χ3n) is 5.77. The maximum Gasteiger partial charge on any atom is 0.252 e. The van der Waals surface area contributed by atoms with Crippen LogP contribution in [0.5, 0.6) is 5.75 Å². The first kappa shape index (κ1) is 23.4. The van der Waals surface area contributed by atoms with Gasteiger partial charge in [-0.2, -0.15) is 0 Å². The Morgan fingerprint density at radius 3 is 2.76 bits per heavy atom. The lowest BCUT2D eigenvalue weighted by atomic mass is 9.84. The monoisotopic (exact) mass is 461 g/mol. The van der Waals surface area contributed by atoms with Gasteiger partial charge in [-0.3, -0.25) is 4.79 Å². The summed E-state index contributed by atoms with van der Waals surface area (Å²) in [6.45, 7) is 4.33. The van der Waals surface area contributed by atoms with Crippen molar-refractivity contribution in [3.05, 3.63) is 82.8 Å². The van der Waals surface area contributed by atoms with Crippen LogP contribution in [-0.2, 0) is 9.53 Å². The number of nitrogens with one attached hydrogen (secondary N) is 1. The van der Waals surface area contributed by atoms with Crippen molar-refractivity contribution in [2.75, 3.05) is 13.2 Å². The van der Waals surface area contributed by atoms with E-state index in [2.05, 4.69) is 21.9 Å². The highest BCUT2D eigenvalue weighted by Crippen LogP contribution is 2.46. The van der Waals surface area contributed by atoms with Crippen molar-refractivity contribution in [1.29, 1.82) is 0 Å². The van der Waals surface area contributed by atoms with Crippen molar-refractivity contribution in [1.82, 2.24) is 5.32 Å². The van der Waals surface area contributed by atoms with E-state index in [9.17, 15) is 4.79 Å². The van der Waals surface area contributed by atoms with Gasteiger partial charge < -0.3 is 19.9 Å². The number of rotatable bonds is 11. The Kier molecular flexibility index (Phi) is 7.15. The molecule has 2 aliphatic rings. The van der Waals surface area contributed by atoms with Crippen molar-refractivity contribution >= 4 is 17.5 Å². The van der Waals surface area contributed by atoms with Crippen molar-refractivity contribution in [3.63, 3.8) is 0 Å². The third kappa shape index (κ3) is 4.90. The lowest BCUT2D eigenvalue weighted by Crippen LogP contribution is -2.48. The minimum absolute atomic E-state index is 0.0652. The summed E-state index contributed by atoms with van der Waals surface area (Å²) in [5, 5.41) is 15.8. The summed E-state index contributed by atoms with van der Waals surface area (Å²) in [4.78, 5) is 21.3. The van der Waals surface area contributed by atoms with Gasteiger partial charge in [-0.15, -0.1) is 6.58 Å². The molecule has 9 nitrogen and oxygen atoms in total. The molecule has 0 aromatic heterocycles. The van der Waals surface area contributed by atoms with Crippen molar-refractivity contribution < 1.29 is 19.4 Å². The van der Waals surface area contributed by atoms with Crippen LogP contribution < -0.4 is 10.1 Å². The second-order valence-electron chi connectivity index (χ2n) is 8.28.